The molecular formula is C48H48N6O5Si. The van der Waals surface area contributed by atoms with Crippen molar-refractivity contribution >= 4 is 35.6 Å². The lowest BCUT2D eigenvalue weighted by Gasteiger charge is -2.37. The van der Waals surface area contributed by atoms with Gasteiger partial charge in [-0.3, -0.25) is 14.3 Å². The number of benzene rings is 5. The van der Waals surface area contributed by atoms with E-state index in [2.05, 4.69) is 47.6 Å². The maximum Gasteiger partial charge on any atom is 0.279 e. The number of para-hydroxylation sites is 1. The molecular weight excluding hydrogens is 769 g/mol. The summed E-state index contributed by atoms with van der Waals surface area (Å²) in [5.74, 6) is 0.279. The lowest BCUT2D eigenvalue weighted by molar-refractivity contribution is -0.146. The van der Waals surface area contributed by atoms with Crippen LogP contribution in [0.5, 0.6) is 5.75 Å². The summed E-state index contributed by atoms with van der Waals surface area (Å²) in [5.41, 5.74) is 3.63. The van der Waals surface area contributed by atoms with Gasteiger partial charge in [-0.25, -0.2) is 0 Å². The first-order valence-corrected chi connectivity index (χ1v) is 23.6. The molecule has 60 heavy (non-hydrogen) atoms. The van der Waals surface area contributed by atoms with Gasteiger partial charge >= 0.3 is 0 Å². The van der Waals surface area contributed by atoms with E-state index in [1.54, 1.807) is 13.3 Å². The number of carbonyl (C=O) groups excluding carboxylic acids is 1. The third kappa shape index (κ3) is 6.64. The molecule has 1 fully saturated rings. The van der Waals surface area contributed by atoms with Crippen molar-refractivity contribution in [1.82, 2.24) is 24.8 Å². The number of aliphatic hydroxyl groups excluding tert-OH is 1. The molecule has 11 nitrogen and oxygen atoms in total. The van der Waals surface area contributed by atoms with Crippen LogP contribution in [0.15, 0.2) is 145 Å². The average molecular weight is 817 g/mol. The second-order valence-electron chi connectivity index (χ2n) is 16.5. The number of fused-ring (bicyclic) bond motifs is 3. The van der Waals surface area contributed by atoms with Gasteiger partial charge in [0.15, 0.2) is 5.60 Å². The van der Waals surface area contributed by atoms with Gasteiger partial charge in [0.2, 0.25) is 0 Å². The van der Waals surface area contributed by atoms with E-state index in [-0.39, 0.29) is 41.6 Å². The van der Waals surface area contributed by atoms with Crippen LogP contribution in [0, 0.1) is 5.92 Å². The Morgan fingerprint density at radius 2 is 1.60 bits per heavy atom. The summed E-state index contributed by atoms with van der Waals surface area (Å²) in [4.78, 5) is 30.5. The van der Waals surface area contributed by atoms with Gasteiger partial charge in [0.05, 0.1) is 69.0 Å². The minimum Gasteiger partial charge on any atom is -0.497 e. The summed E-state index contributed by atoms with van der Waals surface area (Å²) in [6, 6.07) is 41.4. The number of hydrogen-bond acceptors (Lipinski definition) is 8. The number of rotatable bonds is 12. The monoisotopic (exact) mass is 816 g/mol. The highest BCUT2D eigenvalue weighted by molar-refractivity contribution is 6.91. The van der Waals surface area contributed by atoms with Crippen molar-refractivity contribution < 1.29 is 19.4 Å². The van der Waals surface area contributed by atoms with Crippen LogP contribution >= 0.6 is 0 Å². The summed E-state index contributed by atoms with van der Waals surface area (Å²) >= 11 is 0. The Balaban J connectivity index is 1.03. The molecule has 2 aliphatic heterocycles. The van der Waals surface area contributed by atoms with Crippen molar-refractivity contribution in [2.75, 3.05) is 18.6 Å². The highest BCUT2D eigenvalue weighted by atomic mass is 28.3. The lowest BCUT2D eigenvalue weighted by atomic mass is 9.82. The van der Waals surface area contributed by atoms with Gasteiger partial charge in [-0.1, -0.05) is 121 Å². The van der Waals surface area contributed by atoms with E-state index in [1.807, 2.05) is 131 Å². The first kappa shape index (κ1) is 39.3. The van der Waals surface area contributed by atoms with E-state index >= 15 is 4.79 Å². The van der Waals surface area contributed by atoms with Gasteiger partial charge < -0.3 is 19.5 Å². The third-order valence-electron chi connectivity index (χ3n) is 12.9. The highest BCUT2D eigenvalue weighted by Gasteiger charge is 2.66. The normalized spacial score (nSPS) is 20.5. The number of aryl methyl sites for hydroxylation is 1. The van der Waals surface area contributed by atoms with Crippen LogP contribution < -0.4 is 20.4 Å². The van der Waals surface area contributed by atoms with Gasteiger partial charge in [-0.2, -0.15) is 9.78 Å². The molecule has 1 saturated heterocycles. The number of nitrogens with zero attached hydrogens (tertiary/aromatic N) is 6. The van der Waals surface area contributed by atoms with Crippen LogP contribution in [0.4, 0.5) is 5.69 Å². The Morgan fingerprint density at radius 3 is 2.35 bits per heavy atom. The first-order chi connectivity index (χ1) is 29.1. The van der Waals surface area contributed by atoms with Crippen molar-refractivity contribution in [3.8, 4) is 11.4 Å². The van der Waals surface area contributed by atoms with Crippen LogP contribution in [0.2, 0.25) is 18.6 Å². The van der Waals surface area contributed by atoms with E-state index in [0.717, 1.165) is 33.5 Å². The lowest BCUT2D eigenvalue weighted by Crippen LogP contribution is -2.51. The third-order valence-corrected chi connectivity index (χ3v) is 17.3. The number of carbonyl (C=O) groups is 1. The van der Waals surface area contributed by atoms with Crippen molar-refractivity contribution in [2.45, 2.75) is 62.7 Å². The standard InChI is InChI=1S/C48H48N6O5Si/c1-32-45(60(3,4)38-24-22-37(58-2)23-25-38)44(26-27-52-30-42(50-51-52)40(31-55)34-12-6-5-7-13-34)59-48(32)41-16-10-11-17-43(41)53(47(48)57)29-33-18-20-36(21-19-33)54-46(56)39-15-9-8-14-35(39)28-49-54/h5-25,28,30,32,40,44-45,55H,26-27,29,31H2,1-4H3/t32-,40?,44+,45-,48+/m1/s1. The molecule has 12 heteroatoms. The number of hydrogen-bond donors (Lipinski definition) is 1. The Labute approximate surface area is 349 Å². The first-order valence-electron chi connectivity index (χ1n) is 20.5. The zero-order valence-electron chi connectivity index (χ0n) is 34.2. The van der Waals surface area contributed by atoms with Crippen molar-refractivity contribution in [2.24, 2.45) is 5.92 Å². The summed E-state index contributed by atoms with van der Waals surface area (Å²) in [6.07, 6.45) is 3.95. The van der Waals surface area contributed by atoms with E-state index in [9.17, 15) is 9.90 Å². The van der Waals surface area contributed by atoms with Crippen molar-refractivity contribution in [1.29, 1.82) is 0 Å². The van der Waals surface area contributed by atoms with Gasteiger partial charge in [0.1, 0.15) is 5.75 Å². The van der Waals surface area contributed by atoms with Gasteiger partial charge in [-0.15, -0.1) is 5.10 Å². The smallest absolute Gasteiger partial charge is 0.279 e. The fraction of sp³-hybridized carbons (Fsp3) is 0.271. The number of aromatic nitrogens is 5. The van der Waals surface area contributed by atoms with E-state index in [4.69, 9.17) is 9.47 Å². The van der Waals surface area contributed by atoms with Crippen LogP contribution in [-0.4, -0.2) is 63.7 Å². The van der Waals surface area contributed by atoms with Gasteiger partial charge in [0, 0.05) is 29.6 Å². The largest absolute Gasteiger partial charge is 0.497 e. The van der Waals surface area contributed by atoms with Crippen LogP contribution in [0.3, 0.4) is 0 Å². The molecule has 0 aliphatic carbocycles. The average Bonchev–Trinajstić information content (AvgIpc) is 3.94. The molecule has 1 spiro atoms. The van der Waals surface area contributed by atoms with E-state index < -0.39 is 13.7 Å². The molecule has 9 rings (SSSR count). The number of anilines is 1. The minimum absolute atomic E-state index is 0.0485. The molecule has 2 aromatic heterocycles. The Bertz CT molecular complexity index is 2720. The summed E-state index contributed by atoms with van der Waals surface area (Å²) < 4.78 is 16.1. The summed E-state index contributed by atoms with van der Waals surface area (Å²) in [7, 11) is -0.698. The van der Waals surface area contributed by atoms with Gasteiger partial charge in [-0.05, 0) is 59.5 Å². The maximum absolute atomic E-state index is 15.3. The molecule has 1 unspecified atom stereocenters. The molecule has 0 saturated carbocycles. The van der Waals surface area contributed by atoms with Crippen LogP contribution in [0.25, 0.3) is 16.5 Å². The van der Waals surface area contributed by atoms with Crippen molar-refractivity contribution in [3.63, 3.8) is 0 Å². The molecule has 0 radical (unpaired) electrons. The zero-order valence-corrected chi connectivity index (χ0v) is 35.2. The molecule has 4 heterocycles. The second kappa shape index (κ2) is 15.8. The van der Waals surface area contributed by atoms with Crippen molar-refractivity contribution in [3.05, 3.63) is 173 Å². The van der Waals surface area contributed by atoms with E-state index in [0.29, 0.717) is 36.3 Å². The molecule has 304 valence electrons. The number of ether oxygens (including phenoxy) is 2. The molecule has 1 amide bonds. The Kier molecular flexibility index (Phi) is 10.3. The SMILES string of the molecule is COc1ccc([Si](C)(C)[C@H]2[C@H](CCn3cc(C(CO)c4ccccc4)nn3)O[C@@]3(C(=O)N(Cc4ccc(-n5ncc6ccccc6c5=O)cc4)c4ccccc43)[C@@H]2C)cc1. The fourth-order valence-electron chi connectivity index (χ4n) is 9.79. The van der Waals surface area contributed by atoms with Crippen LogP contribution in [0.1, 0.15) is 41.6 Å². The Hall–Kier alpha value is -6.21. The highest BCUT2D eigenvalue weighted by Crippen LogP contribution is 2.60. The molecule has 2 aliphatic rings. The zero-order chi connectivity index (χ0) is 41.6. The number of methoxy groups -OCH3 is 1. The van der Waals surface area contributed by atoms with Crippen LogP contribution in [-0.2, 0) is 28.2 Å². The predicted octanol–water partition coefficient (Wildman–Crippen LogP) is 6.96. The summed E-state index contributed by atoms with van der Waals surface area (Å²) in [5, 5.41) is 26.4. The quantitative estimate of drug-likeness (QED) is 0.131. The molecule has 5 atom stereocenters. The molecule has 5 aromatic carbocycles. The van der Waals surface area contributed by atoms with E-state index in [1.165, 1.54) is 9.87 Å². The second-order valence-corrected chi connectivity index (χ2v) is 21.2. The minimum atomic E-state index is -2.37. The topological polar surface area (TPSA) is 125 Å². The van der Waals surface area contributed by atoms with Gasteiger partial charge in [0.25, 0.3) is 11.5 Å². The Morgan fingerprint density at radius 1 is 0.883 bits per heavy atom. The predicted molar refractivity (Wildman–Crippen MR) is 235 cm³/mol. The number of amides is 1. The summed E-state index contributed by atoms with van der Waals surface area (Å²) in [6.45, 7) is 7.73. The fourth-order valence-corrected chi connectivity index (χ4v) is 13.9. The number of aliphatic hydroxyl groups is 1. The molecule has 7 aromatic rings. The molecule has 0 bridgehead atoms. The molecule has 1 N–H and O–H groups in total. The maximum atomic E-state index is 15.3.